The fourth-order valence-corrected chi connectivity index (χ4v) is 1.41. The Kier molecular flexibility index (Phi) is 3.05. The second-order valence-corrected chi connectivity index (χ2v) is 3.25. The molecular formula is C12H13N3. The van der Waals surface area contributed by atoms with Crippen LogP contribution < -0.4 is 5.32 Å². The standard InChI is InChI=1S/C12H13N3/c1-13-9-12-14-8-7-11(15-12)10-5-3-2-4-6-10/h2-8,13H,9H2,1H3. The summed E-state index contributed by atoms with van der Waals surface area (Å²) in [7, 11) is 1.89. The molecule has 2 aromatic rings. The first kappa shape index (κ1) is 9.80. The Balaban J connectivity index is 2.33. The first-order chi connectivity index (χ1) is 7.40. The predicted molar refractivity (Wildman–Crippen MR) is 60.2 cm³/mol. The molecule has 3 nitrogen and oxygen atoms in total. The van der Waals surface area contributed by atoms with E-state index < -0.39 is 0 Å². The van der Waals surface area contributed by atoms with Crippen molar-refractivity contribution in [3.8, 4) is 11.3 Å². The molecule has 0 radical (unpaired) electrons. The van der Waals surface area contributed by atoms with Gasteiger partial charge in [0.05, 0.1) is 12.2 Å². The van der Waals surface area contributed by atoms with E-state index in [2.05, 4.69) is 15.3 Å². The fourth-order valence-electron chi connectivity index (χ4n) is 1.41. The summed E-state index contributed by atoms with van der Waals surface area (Å²) in [6, 6.07) is 12.0. The van der Waals surface area contributed by atoms with Crippen LogP contribution in [-0.4, -0.2) is 17.0 Å². The summed E-state index contributed by atoms with van der Waals surface area (Å²) in [6.07, 6.45) is 1.79. The molecule has 0 aliphatic heterocycles. The van der Waals surface area contributed by atoms with Crippen LogP contribution in [0.15, 0.2) is 42.6 Å². The molecule has 0 saturated carbocycles. The molecule has 0 atom stereocenters. The van der Waals surface area contributed by atoms with Gasteiger partial charge in [-0.15, -0.1) is 0 Å². The molecule has 0 bridgehead atoms. The van der Waals surface area contributed by atoms with Crippen LogP contribution in [0.25, 0.3) is 11.3 Å². The van der Waals surface area contributed by atoms with E-state index in [1.54, 1.807) is 6.20 Å². The maximum Gasteiger partial charge on any atom is 0.142 e. The van der Waals surface area contributed by atoms with Crippen LogP contribution in [0, 0.1) is 0 Å². The molecule has 0 aliphatic rings. The number of aromatic nitrogens is 2. The van der Waals surface area contributed by atoms with Gasteiger partial charge in [0.2, 0.25) is 0 Å². The highest BCUT2D eigenvalue weighted by Gasteiger charge is 2.00. The second kappa shape index (κ2) is 4.66. The van der Waals surface area contributed by atoms with Gasteiger partial charge in [-0.25, -0.2) is 9.97 Å². The van der Waals surface area contributed by atoms with Crippen LogP contribution in [0.1, 0.15) is 5.82 Å². The number of nitrogens with one attached hydrogen (secondary N) is 1. The van der Waals surface area contributed by atoms with Gasteiger partial charge in [-0.2, -0.15) is 0 Å². The van der Waals surface area contributed by atoms with Crippen LogP contribution in [0.4, 0.5) is 0 Å². The topological polar surface area (TPSA) is 37.8 Å². The van der Waals surface area contributed by atoms with Crippen LogP contribution in [0.5, 0.6) is 0 Å². The fraction of sp³-hybridized carbons (Fsp3) is 0.167. The van der Waals surface area contributed by atoms with Crippen molar-refractivity contribution >= 4 is 0 Å². The average Bonchev–Trinajstić information content (AvgIpc) is 2.31. The van der Waals surface area contributed by atoms with E-state index in [0.717, 1.165) is 17.1 Å². The van der Waals surface area contributed by atoms with Gasteiger partial charge < -0.3 is 5.32 Å². The van der Waals surface area contributed by atoms with Gasteiger partial charge in [-0.05, 0) is 13.1 Å². The lowest BCUT2D eigenvalue weighted by atomic mass is 10.1. The Labute approximate surface area is 89.2 Å². The van der Waals surface area contributed by atoms with Crippen molar-refractivity contribution in [2.24, 2.45) is 0 Å². The van der Waals surface area contributed by atoms with E-state index in [9.17, 15) is 0 Å². The summed E-state index contributed by atoms with van der Waals surface area (Å²) in [5, 5.41) is 3.04. The predicted octanol–water partition coefficient (Wildman–Crippen LogP) is 1.86. The Morgan fingerprint density at radius 3 is 2.67 bits per heavy atom. The summed E-state index contributed by atoms with van der Waals surface area (Å²) in [5.41, 5.74) is 2.09. The van der Waals surface area contributed by atoms with Gasteiger partial charge in [-0.1, -0.05) is 30.3 Å². The Hall–Kier alpha value is -1.74. The van der Waals surface area contributed by atoms with Crippen molar-refractivity contribution in [3.63, 3.8) is 0 Å². The van der Waals surface area contributed by atoms with Gasteiger partial charge in [0.25, 0.3) is 0 Å². The number of rotatable bonds is 3. The molecule has 0 aliphatic carbocycles. The summed E-state index contributed by atoms with van der Waals surface area (Å²) < 4.78 is 0. The maximum atomic E-state index is 4.46. The molecule has 1 aromatic carbocycles. The van der Waals surface area contributed by atoms with Crippen molar-refractivity contribution in [2.75, 3.05) is 7.05 Å². The number of hydrogen-bond acceptors (Lipinski definition) is 3. The van der Waals surface area contributed by atoms with Crippen molar-refractivity contribution in [3.05, 3.63) is 48.4 Å². The molecular weight excluding hydrogens is 186 g/mol. The van der Waals surface area contributed by atoms with Crippen molar-refractivity contribution in [2.45, 2.75) is 6.54 Å². The minimum Gasteiger partial charge on any atom is -0.313 e. The molecule has 1 heterocycles. The Bertz CT molecular complexity index is 426. The second-order valence-electron chi connectivity index (χ2n) is 3.25. The van der Waals surface area contributed by atoms with E-state index in [1.165, 1.54) is 0 Å². The first-order valence-electron chi connectivity index (χ1n) is 4.92. The third-order valence-corrected chi connectivity index (χ3v) is 2.11. The van der Waals surface area contributed by atoms with Crippen LogP contribution in [0.2, 0.25) is 0 Å². The molecule has 0 spiro atoms. The minimum atomic E-state index is 0.695. The molecule has 0 saturated heterocycles. The highest BCUT2D eigenvalue weighted by Crippen LogP contribution is 2.15. The van der Waals surface area contributed by atoms with Gasteiger partial charge in [0, 0.05) is 11.8 Å². The van der Waals surface area contributed by atoms with Gasteiger partial charge in [-0.3, -0.25) is 0 Å². The zero-order valence-corrected chi connectivity index (χ0v) is 8.64. The van der Waals surface area contributed by atoms with Gasteiger partial charge in [0.15, 0.2) is 0 Å². The van der Waals surface area contributed by atoms with E-state index in [1.807, 2.05) is 43.4 Å². The third kappa shape index (κ3) is 2.39. The largest absolute Gasteiger partial charge is 0.313 e. The zero-order valence-electron chi connectivity index (χ0n) is 8.64. The summed E-state index contributed by atoms with van der Waals surface area (Å²) in [4.78, 5) is 8.64. The van der Waals surface area contributed by atoms with E-state index >= 15 is 0 Å². The minimum absolute atomic E-state index is 0.695. The zero-order chi connectivity index (χ0) is 10.5. The summed E-state index contributed by atoms with van der Waals surface area (Å²) in [6.45, 7) is 0.695. The summed E-state index contributed by atoms with van der Waals surface area (Å²) >= 11 is 0. The lowest BCUT2D eigenvalue weighted by molar-refractivity contribution is 0.759. The SMILES string of the molecule is CNCc1nccc(-c2ccccc2)n1. The Morgan fingerprint density at radius 1 is 1.13 bits per heavy atom. The van der Waals surface area contributed by atoms with E-state index in [-0.39, 0.29) is 0 Å². The average molecular weight is 199 g/mol. The number of nitrogens with zero attached hydrogens (tertiary/aromatic N) is 2. The molecule has 0 unspecified atom stereocenters. The van der Waals surface area contributed by atoms with Crippen molar-refractivity contribution in [1.82, 2.24) is 15.3 Å². The molecule has 76 valence electrons. The van der Waals surface area contributed by atoms with Gasteiger partial charge in [0.1, 0.15) is 5.82 Å². The highest BCUT2D eigenvalue weighted by molar-refractivity contribution is 5.58. The van der Waals surface area contributed by atoms with E-state index in [4.69, 9.17) is 0 Å². The lowest BCUT2D eigenvalue weighted by Gasteiger charge is -2.02. The number of benzene rings is 1. The monoisotopic (exact) mass is 199 g/mol. The summed E-state index contributed by atoms with van der Waals surface area (Å²) in [5.74, 6) is 0.818. The quantitative estimate of drug-likeness (QED) is 0.820. The van der Waals surface area contributed by atoms with Crippen LogP contribution in [0.3, 0.4) is 0 Å². The molecule has 0 fully saturated rings. The highest BCUT2D eigenvalue weighted by atomic mass is 14.9. The molecule has 1 N–H and O–H groups in total. The number of hydrogen-bond donors (Lipinski definition) is 1. The van der Waals surface area contributed by atoms with Crippen LogP contribution >= 0.6 is 0 Å². The van der Waals surface area contributed by atoms with E-state index in [0.29, 0.717) is 6.54 Å². The molecule has 1 aromatic heterocycles. The van der Waals surface area contributed by atoms with Gasteiger partial charge >= 0.3 is 0 Å². The molecule has 3 heteroatoms. The smallest absolute Gasteiger partial charge is 0.142 e. The Morgan fingerprint density at radius 2 is 1.93 bits per heavy atom. The lowest BCUT2D eigenvalue weighted by Crippen LogP contribution is -2.09. The molecule has 15 heavy (non-hydrogen) atoms. The molecule has 2 rings (SSSR count). The van der Waals surface area contributed by atoms with Crippen molar-refractivity contribution < 1.29 is 0 Å². The van der Waals surface area contributed by atoms with Crippen LogP contribution in [-0.2, 0) is 6.54 Å². The normalized spacial score (nSPS) is 10.2. The van der Waals surface area contributed by atoms with Crippen molar-refractivity contribution in [1.29, 1.82) is 0 Å². The maximum absolute atomic E-state index is 4.46. The first-order valence-corrected chi connectivity index (χ1v) is 4.92. The third-order valence-electron chi connectivity index (χ3n) is 2.11. The molecule has 0 amide bonds.